The van der Waals surface area contributed by atoms with E-state index < -0.39 is 23.7 Å². The summed E-state index contributed by atoms with van der Waals surface area (Å²) in [5, 5.41) is 14.7. The van der Waals surface area contributed by atoms with Gasteiger partial charge >= 0.3 is 11.8 Å². The molecule has 3 N–H and O–H groups in total. The first-order valence-corrected chi connectivity index (χ1v) is 7.58. The lowest BCUT2D eigenvalue weighted by atomic mass is 10.1. The molecule has 2 amide bonds. The third-order valence-electron chi connectivity index (χ3n) is 3.58. The number of aliphatic hydroxyl groups is 1. The standard InChI is InChI=1S/C18H19FN2O4/c1-11-8-14(25-2)6-7-15(11)21-18(24)17(23)20-10-16(22)12-4-3-5-13(19)9-12/h3-9,16,22H,10H2,1-2H3,(H,20,23)(H,21,24)/t16-/m0/s1. The first-order chi connectivity index (χ1) is 11.9. The van der Waals surface area contributed by atoms with Gasteiger partial charge in [-0.25, -0.2) is 4.39 Å². The molecule has 7 heteroatoms. The summed E-state index contributed by atoms with van der Waals surface area (Å²) in [7, 11) is 1.53. The highest BCUT2D eigenvalue weighted by atomic mass is 19.1. The highest BCUT2D eigenvalue weighted by molar-refractivity contribution is 6.39. The molecule has 0 saturated carbocycles. The van der Waals surface area contributed by atoms with Crippen molar-refractivity contribution >= 4 is 17.5 Å². The highest BCUT2D eigenvalue weighted by Gasteiger charge is 2.17. The van der Waals surface area contributed by atoms with Crippen LogP contribution in [-0.4, -0.2) is 30.6 Å². The largest absolute Gasteiger partial charge is 0.497 e. The summed E-state index contributed by atoms with van der Waals surface area (Å²) in [6.07, 6.45) is -1.12. The van der Waals surface area contributed by atoms with Crippen LogP contribution in [0.2, 0.25) is 0 Å². The summed E-state index contributed by atoms with van der Waals surface area (Å²) in [4.78, 5) is 23.8. The van der Waals surface area contributed by atoms with Crippen LogP contribution in [0.3, 0.4) is 0 Å². The molecule has 6 nitrogen and oxygen atoms in total. The Morgan fingerprint density at radius 1 is 1.20 bits per heavy atom. The lowest BCUT2D eigenvalue weighted by Crippen LogP contribution is -2.37. The van der Waals surface area contributed by atoms with Crippen LogP contribution in [-0.2, 0) is 9.59 Å². The number of carbonyl (C=O) groups is 2. The summed E-state index contributed by atoms with van der Waals surface area (Å²) in [5.41, 5.74) is 1.53. The van der Waals surface area contributed by atoms with Gasteiger partial charge in [0.2, 0.25) is 0 Å². The number of benzene rings is 2. The molecular formula is C18H19FN2O4. The molecule has 0 radical (unpaired) electrons. The molecule has 0 aliphatic rings. The van der Waals surface area contributed by atoms with Crippen molar-refractivity contribution in [3.8, 4) is 5.75 Å². The van der Waals surface area contributed by atoms with E-state index in [0.717, 1.165) is 11.6 Å². The van der Waals surface area contributed by atoms with Crippen molar-refractivity contribution in [2.24, 2.45) is 0 Å². The molecule has 0 spiro atoms. The van der Waals surface area contributed by atoms with E-state index in [1.54, 1.807) is 25.1 Å². The first kappa shape index (κ1) is 18.4. The predicted octanol–water partition coefficient (Wildman–Crippen LogP) is 1.93. The van der Waals surface area contributed by atoms with Crippen LogP contribution in [0.1, 0.15) is 17.2 Å². The summed E-state index contributed by atoms with van der Waals surface area (Å²) in [5.74, 6) is -1.61. The number of halogens is 1. The molecule has 0 unspecified atom stereocenters. The van der Waals surface area contributed by atoms with Gasteiger partial charge in [0, 0.05) is 12.2 Å². The van der Waals surface area contributed by atoms with E-state index >= 15 is 0 Å². The Bertz CT molecular complexity index is 779. The molecule has 2 aromatic carbocycles. The Balaban J connectivity index is 1.91. The Morgan fingerprint density at radius 3 is 2.60 bits per heavy atom. The molecule has 0 saturated heterocycles. The Morgan fingerprint density at radius 2 is 1.96 bits per heavy atom. The molecule has 0 fully saturated rings. The smallest absolute Gasteiger partial charge is 0.313 e. The van der Waals surface area contributed by atoms with Crippen LogP contribution in [0.4, 0.5) is 10.1 Å². The molecule has 1 atom stereocenters. The Labute approximate surface area is 144 Å². The van der Waals surface area contributed by atoms with Crippen LogP contribution in [0.5, 0.6) is 5.75 Å². The Kier molecular flexibility index (Phi) is 6.08. The quantitative estimate of drug-likeness (QED) is 0.722. The van der Waals surface area contributed by atoms with Crippen molar-refractivity contribution in [2.75, 3.05) is 19.0 Å². The van der Waals surface area contributed by atoms with Gasteiger partial charge in [-0.05, 0) is 48.4 Å². The first-order valence-electron chi connectivity index (χ1n) is 7.58. The van der Waals surface area contributed by atoms with Gasteiger partial charge in [0.15, 0.2) is 0 Å². The average molecular weight is 346 g/mol. The lowest BCUT2D eigenvalue weighted by Gasteiger charge is -2.13. The second-order valence-corrected chi connectivity index (χ2v) is 5.42. The van der Waals surface area contributed by atoms with Crippen LogP contribution in [0, 0.1) is 12.7 Å². The number of rotatable bonds is 5. The number of anilines is 1. The van der Waals surface area contributed by atoms with Gasteiger partial charge < -0.3 is 20.5 Å². The van der Waals surface area contributed by atoms with E-state index in [2.05, 4.69) is 10.6 Å². The van der Waals surface area contributed by atoms with Crippen molar-refractivity contribution in [3.05, 3.63) is 59.4 Å². The van der Waals surface area contributed by atoms with E-state index in [4.69, 9.17) is 4.74 Å². The van der Waals surface area contributed by atoms with Gasteiger partial charge in [0.25, 0.3) is 0 Å². The lowest BCUT2D eigenvalue weighted by molar-refractivity contribution is -0.136. The fourth-order valence-corrected chi connectivity index (χ4v) is 2.18. The monoisotopic (exact) mass is 346 g/mol. The van der Waals surface area contributed by atoms with Gasteiger partial charge in [-0.2, -0.15) is 0 Å². The van der Waals surface area contributed by atoms with Crippen LogP contribution < -0.4 is 15.4 Å². The number of aliphatic hydroxyl groups excluding tert-OH is 1. The number of ether oxygens (including phenoxy) is 1. The topological polar surface area (TPSA) is 87.7 Å². The molecule has 25 heavy (non-hydrogen) atoms. The summed E-state index contributed by atoms with van der Waals surface area (Å²) < 4.78 is 18.2. The van der Waals surface area contributed by atoms with E-state index in [1.807, 2.05) is 0 Å². The van der Waals surface area contributed by atoms with Crippen LogP contribution in [0.15, 0.2) is 42.5 Å². The summed E-state index contributed by atoms with van der Waals surface area (Å²) >= 11 is 0. The zero-order chi connectivity index (χ0) is 18.4. The zero-order valence-corrected chi connectivity index (χ0v) is 13.9. The van der Waals surface area contributed by atoms with E-state index in [1.165, 1.54) is 25.3 Å². The minimum Gasteiger partial charge on any atom is -0.497 e. The fraction of sp³-hybridized carbons (Fsp3) is 0.222. The number of hydrogen-bond donors (Lipinski definition) is 3. The van der Waals surface area contributed by atoms with Crippen molar-refractivity contribution in [1.82, 2.24) is 5.32 Å². The molecule has 0 aliphatic carbocycles. The second-order valence-electron chi connectivity index (χ2n) is 5.42. The maximum absolute atomic E-state index is 13.1. The number of nitrogens with one attached hydrogen (secondary N) is 2. The average Bonchev–Trinajstić information content (AvgIpc) is 2.60. The van der Waals surface area contributed by atoms with Gasteiger partial charge in [0.1, 0.15) is 11.6 Å². The van der Waals surface area contributed by atoms with E-state index in [0.29, 0.717) is 17.0 Å². The number of amides is 2. The van der Waals surface area contributed by atoms with Gasteiger partial charge in [-0.1, -0.05) is 12.1 Å². The van der Waals surface area contributed by atoms with Crippen molar-refractivity contribution in [3.63, 3.8) is 0 Å². The third-order valence-corrected chi connectivity index (χ3v) is 3.58. The van der Waals surface area contributed by atoms with Gasteiger partial charge in [0.05, 0.1) is 13.2 Å². The SMILES string of the molecule is COc1ccc(NC(=O)C(=O)NC[C@H](O)c2cccc(F)c2)c(C)c1. The Hall–Kier alpha value is -2.93. The van der Waals surface area contributed by atoms with Crippen LogP contribution in [0.25, 0.3) is 0 Å². The molecule has 2 aromatic rings. The highest BCUT2D eigenvalue weighted by Crippen LogP contribution is 2.21. The van der Waals surface area contributed by atoms with E-state index in [9.17, 15) is 19.1 Å². The molecule has 2 rings (SSSR count). The van der Waals surface area contributed by atoms with Crippen molar-refractivity contribution in [2.45, 2.75) is 13.0 Å². The van der Waals surface area contributed by atoms with Gasteiger partial charge in [-0.15, -0.1) is 0 Å². The minimum absolute atomic E-state index is 0.211. The van der Waals surface area contributed by atoms with Crippen molar-refractivity contribution < 1.29 is 23.8 Å². The number of methoxy groups -OCH3 is 1. The normalized spacial score (nSPS) is 11.5. The number of aryl methyl sites for hydroxylation is 1. The molecule has 132 valence electrons. The maximum atomic E-state index is 13.1. The minimum atomic E-state index is -1.12. The molecular weight excluding hydrogens is 327 g/mol. The maximum Gasteiger partial charge on any atom is 0.313 e. The number of hydrogen-bond acceptors (Lipinski definition) is 4. The predicted molar refractivity (Wildman–Crippen MR) is 90.7 cm³/mol. The molecule has 0 bridgehead atoms. The zero-order valence-electron chi connectivity index (χ0n) is 13.9. The van der Waals surface area contributed by atoms with Crippen LogP contribution >= 0.6 is 0 Å². The van der Waals surface area contributed by atoms with E-state index in [-0.39, 0.29) is 6.54 Å². The molecule has 0 aliphatic heterocycles. The molecule has 0 aromatic heterocycles. The third kappa shape index (κ3) is 5.02. The molecule has 0 heterocycles. The fourth-order valence-electron chi connectivity index (χ4n) is 2.18. The second kappa shape index (κ2) is 8.25. The number of carbonyl (C=O) groups excluding carboxylic acids is 2. The van der Waals surface area contributed by atoms with Crippen molar-refractivity contribution in [1.29, 1.82) is 0 Å². The summed E-state index contributed by atoms with van der Waals surface area (Å²) in [6.45, 7) is 1.56. The summed E-state index contributed by atoms with van der Waals surface area (Å²) in [6, 6.07) is 10.4. The van der Waals surface area contributed by atoms with Gasteiger partial charge in [-0.3, -0.25) is 9.59 Å².